The predicted molar refractivity (Wildman–Crippen MR) is 63.2 cm³/mol. The number of hydrogen-bond donors (Lipinski definition) is 0. The van der Waals surface area contributed by atoms with Crippen LogP contribution in [0, 0.1) is 24.7 Å². The molecule has 16 heavy (non-hydrogen) atoms. The van der Waals surface area contributed by atoms with Crippen LogP contribution in [0.2, 0.25) is 0 Å². The summed E-state index contributed by atoms with van der Waals surface area (Å²) in [5.74, 6) is 4.92. The van der Waals surface area contributed by atoms with Crippen molar-refractivity contribution in [2.75, 3.05) is 12.8 Å². The Balaban J connectivity index is 2.76. The fraction of sp³-hybridized carbons (Fsp3) is 0.167. The van der Waals surface area contributed by atoms with Crippen LogP contribution in [0.3, 0.4) is 0 Å². The summed E-state index contributed by atoms with van der Waals surface area (Å²) >= 11 is 0. The van der Waals surface area contributed by atoms with Gasteiger partial charge in [-0.05, 0) is 12.1 Å². The van der Waals surface area contributed by atoms with Crippen LogP contribution < -0.4 is 4.52 Å². The molecule has 0 aliphatic heterocycles. The third-order valence-corrected chi connectivity index (χ3v) is 3.20. The van der Waals surface area contributed by atoms with E-state index in [-0.39, 0.29) is 12.8 Å². The highest BCUT2D eigenvalue weighted by molar-refractivity contribution is 7.54. The van der Waals surface area contributed by atoms with E-state index in [2.05, 4.69) is 11.8 Å². The van der Waals surface area contributed by atoms with Crippen LogP contribution in [0.15, 0.2) is 30.3 Å². The van der Waals surface area contributed by atoms with Gasteiger partial charge in [-0.1, -0.05) is 30.0 Å². The third-order valence-electron chi connectivity index (χ3n) is 1.62. The first-order valence-electron chi connectivity index (χ1n) is 4.55. The van der Waals surface area contributed by atoms with Crippen LogP contribution in [0.1, 0.15) is 0 Å². The minimum Gasteiger partial charge on any atom is -0.424 e. The second kappa shape index (κ2) is 6.03. The lowest BCUT2D eigenvalue weighted by Gasteiger charge is -2.15. The van der Waals surface area contributed by atoms with E-state index in [1.54, 1.807) is 24.3 Å². The first-order chi connectivity index (χ1) is 7.70. The Morgan fingerprint density at radius 1 is 1.19 bits per heavy atom. The molecule has 1 aromatic carbocycles. The highest BCUT2D eigenvalue weighted by Crippen LogP contribution is 2.47. The molecular formula is C12H11O3P. The summed E-state index contributed by atoms with van der Waals surface area (Å²) in [5.41, 5.74) is 0. The van der Waals surface area contributed by atoms with Crippen molar-refractivity contribution in [3.63, 3.8) is 0 Å². The first kappa shape index (κ1) is 12.4. The van der Waals surface area contributed by atoms with Crippen molar-refractivity contribution in [1.82, 2.24) is 0 Å². The summed E-state index contributed by atoms with van der Waals surface area (Å²) in [7, 11) is -3.34. The van der Waals surface area contributed by atoms with Gasteiger partial charge in [-0.15, -0.1) is 12.8 Å². The summed E-state index contributed by atoms with van der Waals surface area (Å²) in [5, 5.41) is 0. The van der Waals surface area contributed by atoms with Gasteiger partial charge in [0.15, 0.2) is 0 Å². The molecular weight excluding hydrogens is 223 g/mol. The highest BCUT2D eigenvalue weighted by atomic mass is 31.2. The van der Waals surface area contributed by atoms with E-state index in [4.69, 9.17) is 21.9 Å². The molecule has 0 radical (unpaired) electrons. The van der Waals surface area contributed by atoms with E-state index in [1.807, 2.05) is 6.07 Å². The van der Waals surface area contributed by atoms with Crippen molar-refractivity contribution >= 4 is 7.60 Å². The maximum absolute atomic E-state index is 12.1. The Labute approximate surface area is 95.3 Å². The van der Waals surface area contributed by atoms with Crippen LogP contribution in [-0.4, -0.2) is 12.8 Å². The Morgan fingerprint density at radius 2 is 1.88 bits per heavy atom. The van der Waals surface area contributed by atoms with Crippen molar-refractivity contribution in [3.8, 4) is 30.4 Å². The van der Waals surface area contributed by atoms with E-state index in [9.17, 15) is 4.57 Å². The molecule has 0 bridgehead atoms. The largest absolute Gasteiger partial charge is 0.424 e. The zero-order chi connectivity index (χ0) is 11.9. The average molecular weight is 234 g/mol. The monoisotopic (exact) mass is 234 g/mol. The second-order valence-corrected chi connectivity index (χ2v) is 4.83. The number of para-hydroxylation sites is 1. The molecule has 0 spiro atoms. The van der Waals surface area contributed by atoms with E-state index < -0.39 is 7.60 Å². The van der Waals surface area contributed by atoms with Crippen LogP contribution in [0.5, 0.6) is 5.75 Å². The molecule has 82 valence electrons. The molecule has 0 heterocycles. The Hall–Kier alpha value is -1.67. The van der Waals surface area contributed by atoms with Crippen LogP contribution in [-0.2, 0) is 9.09 Å². The lowest BCUT2D eigenvalue weighted by molar-refractivity contribution is 0.300. The van der Waals surface area contributed by atoms with Gasteiger partial charge in [-0.2, -0.15) is 0 Å². The maximum atomic E-state index is 12.1. The topological polar surface area (TPSA) is 35.5 Å². The molecule has 0 fully saturated rings. The molecule has 0 aromatic heterocycles. The molecule has 1 rings (SSSR count). The molecule has 1 unspecified atom stereocenters. The van der Waals surface area contributed by atoms with E-state index >= 15 is 0 Å². The standard InChI is InChI=1S/C12H11O3P/c1-3-10-14-16(13,11-4-2)15-12-8-6-5-7-9-12/h1-2,5-9H,10-11H2. The number of terminal acetylenes is 2. The average Bonchev–Trinajstić information content (AvgIpc) is 2.28. The van der Waals surface area contributed by atoms with Crippen LogP contribution >= 0.6 is 7.60 Å². The summed E-state index contributed by atoms with van der Waals surface area (Å²) in [6.45, 7) is -0.0915. The van der Waals surface area contributed by atoms with Gasteiger partial charge in [-0.25, -0.2) is 4.57 Å². The van der Waals surface area contributed by atoms with Gasteiger partial charge in [0.2, 0.25) is 0 Å². The molecule has 4 heteroatoms. The van der Waals surface area contributed by atoms with E-state index in [0.717, 1.165) is 0 Å². The van der Waals surface area contributed by atoms with Gasteiger partial charge in [-0.3, -0.25) is 4.52 Å². The molecule has 3 nitrogen and oxygen atoms in total. The zero-order valence-electron chi connectivity index (χ0n) is 8.63. The normalized spacial score (nSPS) is 13.1. The SMILES string of the molecule is C#CCOP(=O)(CC#C)Oc1ccccc1. The molecule has 0 aliphatic carbocycles. The maximum Gasteiger partial charge on any atom is 0.391 e. The van der Waals surface area contributed by atoms with E-state index in [1.165, 1.54) is 0 Å². The molecule has 0 amide bonds. The van der Waals surface area contributed by atoms with Gasteiger partial charge in [0.05, 0.1) is 0 Å². The molecule has 0 aliphatic rings. The summed E-state index contributed by atoms with van der Waals surface area (Å²) in [4.78, 5) is 0. The lowest BCUT2D eigenvalue weighted by atomic mass is 10.3. The van der Waals surface area contributed by atoms with Crippen LogP contribution in [0.4, 0.5) is 0 Å². The van der Waals surface area contributed by atoms with Crippen molar-refractivity contribution in [3.05, 3.63) is 30.3 Å². The van der Waals surface area contributed by atoms with Crippen molar-refractivity contribution in [2.24, 2.45) is 0 Å². The van der Waals surface area contributed by atoms with Gasteiger partial charge < -0.3 is 4.52 Å². The predicted octanol–water partition coefficient (Wildman–Crippen LogP) is 2.54. The zero-order valence-corrected chi connectivity index (χ0v) is 9.52. The molecule has 1 aromatic rings. The Kier molecular flexibility index (Phi) is 4.67. The fourth-order valence-corrected chi connectivity index (χ4v) is 2.14. The van der Waals surface area contributed by atoms with Crippen molar-refractivity contribution in [1.29, 1.82) is 0 Å². The van der Waals surface area contributed by atoms with Gasteiger partial charge in [0.1, 0.15) is 18.5 Å². The smallest absolute Gasteiger partial charge is 0.391 e. The molecule has 1 atom stereocenters. The number of hydrogen-bond acceptors (Lipinski definition) is 3. The lowest BCUT2D eigenvalue weighted by Crippen LogP contribution is -2.01. The minimum atomic E-state index is -3.34. The van der Waals surface area contributed by atoms with Crippen molar-refractivity contribution in [2.45, 2.75) is 0 Å². The highest BCUT2D eigenvalue weighted by Gasteiger charge is 2.24. The number of rotatable bonds is 5. The number of benzene rings is 1. The summed E-state index contributed by atoms with van der Waals surface area (Å²) in [6, 6.07) is 8.68. The quantitative estimate of drug-likeness (QED) is 0.580. The van der Waals surface area contributed by atoms with Crippen LogP contribution in [0.25, 0.3) is 0 Å². The Morgan fingerprint density at radius 3 is 2.44 bits per heavy atom. The second-order valence-electron chi connectivity index (χ2n) is 2.86. The Bertz CT molecular complexity index is 453. The van der Waals surface area contributed by atoms with Gasteiger partial charge >= 0.3 is 7.60 Å². The molecule has 0 saturated carbocycles. The summed E-state index contributed by atoms with van der Waals surface area (Å²) < 4.78 is 22.3. The van der Waals surface area contributed by atoms with E-state index in [0.29, 0.717) is 5.75 Å². The first-order valence-corrected chi connectivity index (χ1v) is 6.28. The van der Waals surface area contributed by atoms with Gasteiger partial charge in [0.25, 0.3) is 0 Å². The minimum absolute atomic E-state index is 0.0915. The summed E-state index contributed by atoms with van der Waals surface area (Å²) in [6.07, 6.45) is 10.0. The molecule has 0 N–H and O–H groups in total. The molecule has 0 saturated heterocycles. The van der Waals surface area contributed by atoms with Gasteiger partial charge in [0, 0.05) is 0 Å². The fourth-order valence-electron chi connectivity index (χ4n) is 0.994. The van der Waals surface area contributed by atoms with Crippen molar-refractivity contribution < 1.29 is 13.6 Å². The third kappa shape index (κ3) is 3.83.